The molecule has 4 heteroatoms. The van der Waals surface area contributed by atoms with Gasteiger partial charge in [-0.15, -0.1) is 0 Å². The monoisotopic (exact) mass is 293 g/mol. The van der Waals surface area contributed by atoms with Gasteiger partial charge in [0.2, 0.25) is 5.52 Å². The number of fused-ring (bicyclic) bond motifs is 1. The Bertz CT molecular complexity index is 855. The molecule has 0 radical (unpaired) electrons. The summed E-state index contributed by atoms with van der Waals surface area (Å²) in [6.45, 7) is 4.07. The molecule has 0 atom stereocenters. The van der Waals surface area contributed by atoms with Gasteiger partial charge in [0.05, 0.1) is 16.6 Å². The largest absolute Gasteiger partial charge is 0.478 e. The van der Waals surface area contributed by atoms with E-state index in [0.29, 0.717) is 0 Å². The summed E-state index contributed by atoms with van der Waals surface area (Å²) in [5.74, 6) is -0.919. The average molecular weight is 293 g/mol. The molecule has 3 aromatic rings. The number of carbonyl (C=O) groups is 1. The molecule has 0 bridgehead atoms. The minimum absolute atomic E-state index is 0.281. The SMILES string of the molecule is Cc1ccc2[nH+]c(C)cc(Nc3ccc(C(=O)O)cc3)c2c1. The first-order chi connectivity index (χ1) is 10.5. The predicted octanol–water partition coefficient (Wildman–Crippen LogP) is 3.71. The van der Waals surface area contributed by atoms with Crippen LogP contribution in [0.3, 0.4) is 0 Å². The molecule has 3 rings (SSSR count). The maximum atomic E-state index is 10.9. The van der Waals surface area contributed by atoms with E-state index in [1.165, 1.54) is 5.56 Å². The third kappa shape index (κ3) is 2.76. The van der Waals surface area contributed by atoms with Crippen LogP contribution in [0, 0.1) is 13.8 Å². The number of aromatic nitrogens is 1. The van der Waals surface area contributed by atoms with E-state index in [1.54, 1.807) is 24.3 Å². The number of aryl methyl sites for hydroxylation is 2. The van der Waals surface area contributed by atoms with E-state index in [-0.39, 0.29) is 5.56 Å². The van der Waals surface area contributed by atoms with Gasteiger partial charge in [0.1, 0.15) is 0 Å². The molecule has 0 amide bonds. The Hall–Kier alpha value is -2.88. The standard InChI is InChI=1S/C18H16N2O2/c1-11-3-8-16-15(9-11)17(10-12(2)19-16)20-14-6-4-13(5-7-14)18(21)22/h3-10H,1-2H3,(H,19,20)(H,21,22)/p+1. The van der Waals surface area contributed by atoms with Gasteiger partial charge < -0.3 is 10.4 Å². The van der Waals surface area contributed by atoms with Gasteiger partial charge in [-0.2, -0.15) is 0 Å². The molecule has 0 aliphatic rings. The van der Waals surface area contributed by atoms with Crippen molar-refractivity contribution in [3.8, 4) is 0 Å². The van der Waals surface area contributed by atoms with Crippen LogP contribution in [0.1, 0.15) is 21.6 Å². The lowest BCUT2D eigenvalue weighted by Crippen LogP contribution is -2.10. The number of carboxylic acid groups (broad SMARTS) is 1. The highest BCUT2D eigenvalue weighted by Crippen LogP contribution is 2.25. The number of benzene rings is 2. The van der Waals surface area contributed by atoms with Crippen LogP contribution in [0.15, 0.2) is 48.5 Å². The van der Waals surface area contributed by atoms with Gasteiger partial charge in [0.25, 0.3) is 0 Å². The Balaban J connectivity index is 2.02. The van der Waals surface area contributed by atoms with Crippen molar-refractivity contribution in [2.45, 2.75) is 13.8 Å². The van der Waals surface area contributed by atoms with Gasteiger partial charge in [0, 0.05) is 24.7 Å². The summed E-state index contributed by atoms with van der Waals surface area (Å²) in [7, 11) is 0. The Morgan fingerprint density at radius 1 is 1.05 bits per heavy atom. The Kier molecular flexibility index (Phi) is 3.51. The molecule has 1 aromatic heterocycles. The second kappa shape index (κ2) is 5.48. The number of anilines is 2. The van der Waals surface area contributed by atoms with E-state index in [1.807, 2.05) is 13.0 Å². The Morgan fingerprint density at radius 3 is 2.45 bits per heavy atom. The van der Waals surface area contributed by atoms with Crippen molar-refractivity contribution >= 4 is 28.2 Å². The molecule has 22 heavy (non-hydrogen) atoms. The third-order valence-corrected chi connectivity index (χ3v) is 3.57. The zero-order valence-electron chi connectivity index (χ0n) is 12.5. The van der Waals surface area contributed by atoms with E-state index < -0.39 is 5.97 Å². The van der Waals surface area contributed by atoms with Crippen LogP contribution in [-0.2, 0) is 0 Å². The van der Waals surface area contributed by atoms with Crippen molar-refractivity contribution in [3.05, 3.63) is 65.4 Å². The number of aromatic carboxylic acids is 1. The fourth-order valence-corrected chi connectivity index (χ4v) is 2.49. The molecule has 0 aliphatic carbocycles. The lowest BCUT2D eigenvalue weighted by molar-refractivity contribution is -0.354. The fraction of sp³-hybridized carbons (Fsp3) is 0.111. The molecule has 1 heterocycles. The van der Waals surface area contributed by atoms with Crippen LogP contribution in [0.25, 0.3) is 10.9 Å². The first kappa shape index (κ1) is 14.1. The van der Waals surface area contributed by atoms with Gasteiger partial charge in [-0.25, -0.2) is 9.78 Å². The van der Waals surface area contributed by atoms with Gasteiger partial charge in [0.15, 0.2) is 5.69 Å². The number of pyridine rings is 1. The van der Waals surface area contributed by atoms with Crippen LogP contribution >= 0.6 is 0 Å². The van der Waals surface area contributed by atoms with E-state index in [2.05, 4.69) is 35.4 Å². The van der Waals surface area contributed by atoms with Crippen LogP contribution in [0.5, 0.6) is 0 Å². The highest BCUT2D eigenvalue weighted by atomic mass is 16.4. The lowest BCUT2D eigenvalue weighted by atomic mass is 10.1. The van der Waals surface area contributed by atoms with Gasteiger partial charge >= 0.3 is 5.97 Å². The van der Waals surface area contributed by atoms with Gasteiger partial charge in [-0.1, -0.05) is 6.07 Å². The Labute approximate surface area is 128 Å². The molecule has 3 N–H and O–H groups in total. The molecule has 0 unspecified atom stereocenters. The smallest absolute Gasteiger partial charge is 0.335 e. The van der Waals surface area contributed by atoms with Crippen LogP contribution in [0.2, 0.25) is 0 Å². The Morgan fingerprint density at radius 2 is 1.77 bits per heavy atom. The first-order valence-corrected chi connectivity index (χ1v) is 7.06. The topological polar surface area (TPSA) is 63.5 Å². The van der Waals surface area contributed by atoms with Crippen LogP contribution in [-0.4, -0.2) is 11.1 Å². The van der Waals surface area contributed by atoms with Gasteiger partial charge in [-0.05, 0) is 42.8 Å². The zero-order chi connectivity index (χ0) is 15.7. The molecule has 0 fully saturated rings. The summed E-state index contributed by atoms with van der Waals surface area (Å²) in [5.41, 5.74) is 5.45. The molecule has 0 aliphatic heterocycles. The van der Waals surface area contributed by atoms with E-state index in [4.69, 9.17) is 5.11 Å². The lowest BCUT2D eigenvalue weighted by Gasteiger charge is -2.09. The summed E-state index contributed by atoms with van der Waals surface area (Å²) < 4.78 is 0. The summed E-state index contributed by atoms with van der Waals surface area (Å²) in [6, 6.07) is 15.1. The second-order valence-corrected chi connectivity index (χ2v) is 5.42. The quantitative estimate of drug-likeness (QED) is 0.773. The summed E-state index contributed by atoms with van der Waals surface area (Å²) in [5, 5.41) is 13.4. The molecule has 0 spiro atoms. The van der Waals surface area contributed by atoms with E-state index in [0.717, 1.165) is 28.0 Å². The maximum absolute atomic E-state index is 10.9. The minimum atomic E-state index is -0.919. The van der Waals surface area contributed by atoms with Crippen molar-refractivity contribution in [3.63, 3.8) is 0 Å². The predicted molar refractivity (Wildman–Crippen MR) is 86.7 cm³/mol. The highest BCUT2D eigenvalue weighted by molar-refractivity contribution is 5.92. The molecule has 110 valence electrons. The van der Waals surface area contributed by atoms with Crippen molar-refractivity contribution in [1.29, 1.82) is 0 Å². The second-order valence-electron chi connectivity index (χ2n) is 5.42. The van der Waals surface area contributed by atoms with Crippen LogP contribution < -0.4 is 10.3 Å². The van der Waals surface area contributed by atoms with Crippen molar-refractivity contribution < 1.29 is 14.9 Å². The normalized spacial score (nSPS) is 10.6. The summed E-state index contributed by atoms with van der Waals surface area (Å²) in [4.78, 5) is 14.3. The molecule has 0 saturated heterocycles. The third-order valence-electron chi connectivity index (χ3n) is 3.57. The highest BCUT2D eigenvalue weighted by Gasteiger charge is 2.10. The van der Waals surface area contributed by atoms with Crippen LogP contribution in [0.4, 0.5) is 11.4 Å². The van der Waals surface area contributed by atoms with E-state index >= 15 is 0 Å². The number of carboxylic acids is 1. The average Bonchev–Trinajstić information content (AvgIpc) is 2.48. The van der Waals surface area contributed by atoms with E-state index in [9.17, 15) is 4.79 Å². The van der Waals surface area contributed by atoms with Crippen molar-refractivity contribution in [2.75, 3.05) is 5.32 Å². The number of nitrogens with one attached hydrogen (secondary N) is 2. The first-order valence-electron chi connectivity index (χ1n) is 7.06. The minimum Gasteiger partial charge on any atom is -0.478 e. The summed E-state index contributed by atoms with van der Waals surface area (Å²) >= 11 is 0. The molecular weight excluding hydrogens is 276 g/mol. The molecule has 2 aromatic carbocycles. The van der Waals surface area contributed by atoms with Crippen molar-refractivity contribution in [2.24, 2.45) is 0 Å². The molecular formula is C18H17N2O2+. The number of aromatic amines is 1. The summed E-state index contributed by atoms with van der Waals surface area (Å²) in [6.07, 6.45) is 0. The van der Waals surface area contributed by atoms with Gasteiger partial charge in [-0.3, -0.25) is 0 Å². The fourth-order valence-electron chi connectivity index (χ4n) is 2.49. The number of H-pyrrole nitrogens is 1. The molecule has 0 saturated carbocycles. The molecule has 4 nitrogen and oxygen atoms in total. The number of hydrogen-bond donors (Lipinski definition) is 2. The van der Waals surface area contributed by atoms with Crippen molar-refractivity contribution in [1.82, 2.24) is 0 Å². The number of hydrogen-bond acceptors (Lipinski definition) is 2. The number of rotatable bonds is 3. The maximum Gasteiger partial charge on any atom is 0.335 e. The zero-order valence-corrected chi connectivity index (χ0v) is 12.5.